The fraction of sp³-hybridized carbons (Fsp3) is 0.625. The third-order valence-electron chi connectivity index (χ3n) is 1.74. The zero-order valence-electron chi connectivity index (χ0n) is 7.45. The van der Waals surface area contributed by atoms with E-state index in [0.29, 0.717) is 12.8 Å². The number of hydrogen-bond acceptors (Lipinski definition) is 3. The zero-order chi connectivity index (χ0) is 8.97. The molecule has 1 rings (SSSR count). The first-order valence-corrected chi connectivity index (χ1v) is 4.16. The van der Waals surface area contributed by atoms with Crippen LogP contribution in [0.5, 0.6) is 0 Å². The number of ketones is 1. The molecule has 0 aliphatic carbocycles. The predicted octanol–water partition coefficient (Wildman–Crippen LogP) is 0.820. The second kappa shape index (κ2) is 3.99. The highest BCUT2D eigenvalue weighted by Gasteiger charge is 2.06. The van der Waals surface area contributed by atoms with Crippen molar-refractivity contribution in [3.63, 3.8) is 0 Å². The molecule has 66 valence electrons. The van der Waals surface area contributed by atoms with Crippen molar-refractivity contribution in [2.75, 3.05) is 0 Å². The molecule has 1 aromatic heterocycles. The van der Waals surface area contributed by atoms with E-state index in [0.717, 1.165) is 12.4 Å². The van der Waals surface area contributed by atoms with E-state index in [-0.39, 0.29) is 5.78 Å². The van der Waals surface area contributed by atoms with Crippen molar-refractivity contribution < 1.29 is 4.79 Å². The lowest BCUT2D eigenvalue weighted by molar-refractivity contribution is -0.118. The van der Waals surface area contributed by atoms with E-state index >= 15 is 0 Å². The van der Waals surface area contributed by atoms with E-state index in [2.05, 4.69) is 10.1 Å². The Balaban J connectivity index is 2.68. The van der Waals surface area contributed by atoms with Gasteiger partial charge in [0.2, 0.25) is 0 Å². The molecule has 0 radical (unpaired) electrons. The van der Waals surface area contributed by atoms with Crippen LogP contribution in [0.3, 0.4) is 0 Å². The van der Waals surface area contributed by atoms with Crippen LogP contribution in [0, 0.1) is 0 Å². The molecular weight excluding hydrogens is 154 g/mol. The topological polar surface area (TPSA) is 47.8 Å². The van der Waals surface area contributed by atoms with Crippen molar-refractivity contribution in [1.29, 1.82) is 0 Å². The van der Waals surface area contributed by atoms with E-state index in [1.54, 1.807) is 4.68 Å². The lowest BCUT2D eigenvalue weighted by Crippen LogP contribution is -2.09. The van der Waals surface area contributed by atoms with Crippen LogP contribution in [-0.4, -0.2) is 20.5 Å². The van der Waals surface area contributed by atoms with Gasteiger partial charge in [-0.15, -0.1) is 0 Å². The number of rotatable bonds is 4. The van der Waals surface area contributed by atoms with E-state index in [4.69, 9.17) is 0 Å². The van der Waals surface area contributed by atoms with Crippen LogP contribution in [-0.2, 0) is 17.8 Å². The number of carbonyl (C=O) groups is 1. The lowest BCUT2D eigenvalue weighted by atomic mass is 10.2. The average molecular weight is 167 g/mol. The maximum atomic E-state index is 11.1. The van der Waals surface area contributed by atoms with Gasteiger partial charge < -0.3 is 0 Å². The van der Waals surface area contributed by atoms with Crippen molar-refractivity contribution in [2.45, 2.75) is 33.2 Å². The van der Waals surface area contributed by atoms with Gasteiger partial charge in [-0.1, -0.05) is 6.92 Å². The predicted molar refractivity (Wildman–Crippen MR) is 44.7 cm³/mol. The Morgan fingerprint density at radius 1 is 1.58 bits per heavy atom. The minimum atomic E-state index is 0.206. The van der Waals surface area contributed by atoms with E-state index in [1.807, 2.05) is 13.8 Å². The summed E-state index contributed by atoms with van der Waals surface area (Å²) in [6, 6.07) is 0. The number of aromatic nitrogens is 3. The van der Waals surface area contributed by atoms with Gasteiger partial charge in [-0.3, -0.25) is 4.79 Å². The van der Waals surface area contributed by atoms with Crippen molar-refractivity contribution in [2.24, 2.45) is 0 Å². The summed E-state index contributed by atoms with van der Waals surface area (Å²) in [5, 5.41) is 3.98. The van der Waals surface area contributed by atoms with Crippen molar-refractivity contribution >= 4 is 5.78 Å². The molecule has 0 fully saturated rings. The summed E-state index contributed by atoms with van der Waals surface area (Å²) in [5.74, 6) is 0.974. The van der Waals surface area contributed by atoms with Crippen LogP contribution in [0.4, 0.5) is 0 Å². The van der Waals surface area contributed by atoms with E-state index in [1.165, 1.54) is 6.33 Å². The molecule has 0 atom stereocenters. The molecule has 0 bridgehead atoms. The Morgan fingerprint density at radius 3 is 2.92 bits per heavy atom. The van der Waals surface area contributed by atoms with Gasteiger partial charge >= 0.3 is 0 Å². The number of aryl methyl sites for hydroxylation is 1. The van der Waals surface area contributed by atoms with Gasteiger partial charge in [0.25, 0.3) is 0 Å². The SMILES string of the molecule is CCC(=O)Cc1ncnn1CC. The molecule has 0 unspecified atom stereocenters. The second-order valence-electron chi connectivity index (χ2n) is 2.56. The van der Waals surface area contributed by atoms with Crippen LogP contribution in [0.25, 0.3) is 0 Å². The van der Waals surface area contributed by atoms with Gasteiger partial charge in [-0.2, -0.15) is 5.10 Å². The Kier molecular flexibility index (Phi) is 2.96. The Labute approximate surface area is 71.6 Å². The van der Waals surface area contributed by atoms with Crippen molar-refractivity contribution in [3.8, 4) is 0 Å². The van der Waals surface area contributed by atoms with Crippen molar-refractivity contribution in [1.82, 2.24) is 14.8 Å². The first-order valence-electron chi connectivity index (χ1n) is 4.16. The fourth-order valence-corrected chi connectivity index (χ4v) is 0.991. The van der Waals surface area contributed by atoms with Crippen LogP contribution < -0.4 is 0 Å². The van der Waals surface area contributed by atoms with Crippen molar-refractivity contribution in [3.05, 3.63) is 12.2 Å². The van der Waals surface area contributed by atoms with Gasteiger partial charge in [-0.05, 0) is 6.92 Å². The minimum Gasteiger partial charge on any atom is -0.299 e. The average Bonchev–Trinajstić information content (AvgIpc) is 2.51. The maximum absolute atomic E-state index is 11.1. The first kappa shape index (κ1) is 8.90. The van der Waals surface area contributed by atoms with Gasteiger partial charge in [0.1, 0.15) is 17.9 Å². The standard InChI is InChI=1S/C8H13N3O/c1-3-7(12)5-8-9-6-10-11(8)4-2/h6H,3-5H2,1-2H3. The Morgan fingerprint density at radius 2 is 2.33 bits per heavy atom. The third kappa shape index (κ3) is 1.90. The third-order valence-corrected chi connectivity index (χ3v) is 1.74. The lowest BCUT2D eigenvalue weighted by Gasteiger charge is -1.99. The molecule has 4 heteroatoms. The first-order chi connectivity index (χ1) is 5.77. The molecule has 0 spiro atoms. The summed E-state index contributed by atoms with van der Waals surface area (Å²) >= 11 is 0. The van der Waals surface area contributed by atoms with Crippen LogP contribution in [0.2, 0.25) is 0 Å². The molecule has 1 heterocycles. The molecular formula is C8H13N3O. The summed E-state index contributed by atoms with van der Waals surface area (Å²) in [6.07, 6.45) is 2.46. The largest absolute Gasteiger partial charge is 0.299 e. The highest BCUT2D eigenvalue weighted by molar-refractivity contribution is 5.79. The monoisotopic (exact) mass is 167 g/mol. The second-order valence-corrected chi connectivity index (χ2v) is 2.56. The number of Topliss-reactive ketones (excluding diaryl/α,β-unsaturated/α-hetero) is 1. The smallest absolute Gasteiger partial charge is 0.140 e. The Bertz CT molecular complexity index is 267. The zero-order valence-corrected chi connectivity index (χ0v) is 7.45. The highest BCUT2D eigenvalue weighted by Crippen LogP contribution is 1.97. The molecule has 0 N–H and O–H groups in total. The van der Waals surface area contributed by atoms with E-state index in [9.17, 15) is 4.79 Å². The van der Waals surface area contributed by atoms with Gasteiger partial charge in [-0.25, -0.2) is 9.67 Å². The van der Waals surface area contributed by atoms with Crippen LogP contribution in [0.1, 0.15) is 26.1 Å². The molecule has 0 saturated carbocycles. The fourth-order valence-electron chi connectivity index (χ4n) is 0.991. The van der Waals surface area contributed by atoms with Gasteiger partial charge in [0.15, 0.2) is 0 Å². The summed E-state index contributed by atoms with van der Waals surface area (Å²) in [5.41, 5.74) is 0. The molecule has 0 saturated heterocycles. The summed E-state index contributed by atoms with van der Waals surface area (Å²) < 4.78 is 1.74. The quantitative estimate of drug-likeness (QED) is 0.667. The van der Waals surface area contributed by atoms with Crippen LogP contribution in [0.15, 0.2) is 6.33 Å². The normalized spacial score (nSPS) is 10.2. The Hall–Kier alpha value is -1.19. The molecule has 0 aliphatic rings. The maximum Gasteiger partial charge on any atom is 0.140 e. The van der Waals surface area contributed by atoms with Gasteiger partial charge in [0, 0.05) is 13.0 Å². The molecule has 1 aromatic rings. The minimum absolute atomic E-state index is 0.206. The summed E-state index contributed by atoms with van der Waals surface area (Å²) in [7, 11) is 0. The van der Waals surface area contributed by atoms with E-state index < -0.39 is 0 Å². The molecule has 4 nitrogen and oxygen atoms in total. The highest BCUT2D eigenvalue weighted by atomic mass is 16.1. The summed E-state index contributed by atoms with van der Waals surface area (Å²) in [6.45, 7) is 4.61. The van der Waals surface area contributed by atoms with Crippen LogP contribution >= 0.6 is 0 Å². The van der Waals surface area contributed by atoms with Gasteiger partial charge in [0.05, 0.1) is 6.42 Å². The number of hydrogen-bond donors (Lipinski definition) is 0. The molecule has 0 aliphatic heterocycles. The molecule has 12 heavy (non-hydrogen) atoms. The molecule has 0 aromatic carbocycles. The molecule has 0 amide bonds. The summed E-state index contributed by atoms with van der Waals surface area (Å²) in [4.78, 5) is 15.1. The number of nitrogens with zero attached hydrogens (tertiary/aromatic N) is 3. The number of carbonyl (C=O) groups excluding carboxylic acids is 1.